The van der Waals surface area contributed by atoms with Gasteiger partial charge in [-0.2, -0.15) is 0 Å². The summed E-state index contributed by atoms with van der Waals surface area (Å²) in [6.07, 6.45) is 1.37. The molecule has 0 aliphatic heterocycles. The molecule has 2 N–H and O–H groups in total. The van der Waals surface area contributed by atoms with Crippen molar-refractivity contribution in [3.8, 4) is 0 Å². The lowest BCUT2D eigenvalue weighted by molar-refractivity contribution is 0.0464. The third-order valence-corrected chi connectivity index (χ3v) is 3.14. The van der Waals surface area contributed by atoms with Crippen molar-refractivity contribution in [1.82, 2.24) is 4.98 Å². The number of hydrogen-bond donors (Lipinski definition) is 1. The first kappa shape index (κ1) is 13.5. The Morgan fingerprint density at radius 2 is 2.16 bits per heavy atom. The summed E-state index contributed by atoms with van der Waals surface area (Å²) in [5.41, 5.74) is 6.63. The first-order valence-corrected chi connectivity index (χ1v) is 6.18. The van der Waals surface area contributed by atoms with E-state index in [1.165, 1.54) is 24.4 Å². The van der Waals surface area contributed by atoms with Crippen LogP contribution < -0.4 is 5.73 Å². The van der Waals surface area contributed by atoms with E-state index in [4.69, 9.17) is 10.5 Å². The molecule has 0 aliphatic carbocycles. The van der Waals surface area contributed by atoms with Crippen molar-refractivity contribution in [2.24, 2.45) is 0 Å². The van der Waals surface area contributed by atoms with Crippen molar-refractivity contribution in [1.29, 1.82) is 0 Å². The summed E-state index contributed by atoms with van der Waals surface area (Å²) in [4.78, 5) is 15.5. The molecule has 0 radical (unpaired) electrons. The predicted octanol–water partition coefficient (Wildman–Crippen LogP) is 2.92. The Balaban J connectivity index is 2.04. The van der Waals surface area contributed by atoms with Gasteiger partial charge in [0.15, 0.2) is 0 Å². The molecule has 0 unspecified atom stereocenters. The van der Waals surface area contributed by atoms with Crippen LogP contribution in [0.5, 0.6) is 0 Å². The molecule has 1 aromatic carbocycles. The van der Waals surface area contributed by atoms with Gasteiger partial charge in [-0.3, -0.25) is 0 Å². The Kier molecular flexibility index (Phi) is 4.11. The van der Waals surface area contributed by atoms with Gasteiger partial charge in [-0.1, -0.05) is 15.9 Å². The third-order valence-electron chi connectivity index (χ3n) is 2.36. The van der Waals surface area contributed by atoms with E-state index in [1.807, 2.05) is 0 Å². The van der Waals surface area contributed by atoms with Gasteiger partial charge < -0.3 is 10.5 Å². The average molecular weight is 325 g/mol. The van der Waals surface area contributed by atoms with Crippen LogP contribution in [0, 0.1) is 5.82 Å². The van der Waals surface area contributed by atoms with Gasteiger partial charge in [0.1, 0.15) is 18.1 Å². The maximum absolute atomic E-state index is 13.1. The summed E-state index contributed by atoms with van der Waals surface area (Å²) in [5.74, 6) is -0.976. The summed E-state index contributed by atoms with van der Waals surface area (Å²) in [6.45, 7) is -0.0385. The summed E-state index contributed by atoms with van der Waals surface area (Å²) in [5, 5.41) is 0. The minimum atomic E-state index is -0.587. The third kappa shape index (κ3) is 3.51. The van der Waals surface area contributed by atoms with Crippen LogP contribution in [-0.2, 0) is 11.3 Å². The molecule has 0 bridgehead atoms. The highest BCUT2D eigenvalue weighted by atomic mass is 79.9. The van der Waals surface area contributed by atoms with E-state index < -0.39 is 5.97 Å². The summed E-state index contributed by atoms with van der Waals surface area (Å²) in [6, 6.07) is 7.20. The minimum absolute atomic E-state index is 0.0385. The monoisotopic (exact) mass is 324 g/mol. The number of nitrogens with zero attached hydrogens (tertiary/aromatic N) is 1. The van der Waals surface area contributed by atoms with Crippen LogP contribution in [0.3, 0.4) is 0 Å². The Hall–Kier alpha value is -1.95. The number of hydrogen-bond acceptors (Lipinski definition) is 4. The molecule has 0 spiro atoms. The van der Waals surface area contributed by atoms with E-state index in [9.17, 15) is 9.18 Å². The van der Waals surface area contributed by atoms with Gasteiger partial charge in [0.25, 0.3) is 0 Å². The van der Waals surface area contributed by atoms with E-state index in [0.29, 0.717) is 15.7 Å². The van der Waals surface area contributed by atoms with Gasteiger partial charge >= 0.3 is 5.97 Å². The molecule has 1 heterocycles. The fourth-order valence-corrected chi connectivity index (χ4v) is 1.76. The van der Waals surface area contributed by atoms with Gasteiger partial charge in [-0.25, -0.2) is 14.2 Å². The molecule has 0 amide bonds. The lowest BCUT2D eigenvalue weighted by atomic mass is 10.2. The number of rotatable bonds is 3. The van der Waals surface area contributed by atoms with Gasteiger partial charge in [-0.05, 0) is 30.3 Å². The highest BCUT2D eigenvalue weighted by Gasteiger charge is 2.10. The molecule has 0 saturated carbocycles. The molecule has 1 aromatic heterocycles. The van der Waals surface area contributed by atoms with Crippen molar-refractivity contribution < 1.29 is 13.9 Å². The summed E-state index contributed by atoms with van der Waals surface area (Å²) in [7, 11) is 0. The SMILES string of the molecule is Nc1ccc(C(=O)OCc2cc(F)ccc2Br)nc1. The highest BCUT2D eigenvalue weighted by Crippen LogP contribution is 2.19. The van der Waals surface area contributed by atoms with Gasteiger partial charge in [-0.15, -0.1) is 0 Å². The number of anilines is 1. The molecule has 98 valence electrons. The number of halogens is 2. The van der Waals surface area contributed by atoms with Crippen LogP contribution in [0.2, 0.25) is 0 Å². The Labute approximate surface area is 117 Å². The number of ether oxygens (including phenoxy) is 1. The van der Waals surface area contributed by atoms with Crippen molar-refractivity contribution in [2.45, 2.75) is 6.61 Å². The number of esters is 1. The predicted molar refractivity (Wildman–Crippen MR) is 71.9 cm³/mol. The maximum atomic E-state index is 13.1. The topological polar surface area (TPSA) is 65.2 Å². The fourth-order valence-electron chi connectivity index (χ4n) is 1.40. The van der Waals surface area contributed by atoms with Crippen molar-refractivity contribution >= 4 is 27.6 Å². The Morgan fingerprint density at radius 3 is 2.84 bits per heavy atom. The molecule has 2 aromatic rings. The largest absolute Gasteiger partial charge is 0.456 e. The maximum Gasteiger partial charge on any atom is 0.357 e. The highest BCUT2D eigenvalue weighted by molar-refractivity contribution is 9.10. The average Bonchev–Trinajstić information content (AvgIpc) is 2.40. The fraction of sp³-hybridized carbons (Fsp3) is 0.0769. The summed E-state index contributed by atoms with van der Waals surface area (Å²) < 4.78 is 18.8. The van der Waals surface area contributed by atoms with E-state index in [1.54, 1.807) is 12.1 Å². The van der Waals surface area contributed by atoms with Crippen molar-refractivity contribution in [2.75, 3.05) is 5.73 Å². The second-order valence-electron chi connectivity index (χ2n) is 3.79. The standard InChI is InChI=1S/C13H10BrFN2O2/c14-11-3-1-9(15)5-8(11)7-19-13(18)12-4-2-10(16)6-17-12/h1-6H,7,16H2. The zero-order chi connectivity index (χ0) is 13.8. The number of benzene rings is 1. The van der Waals surface area contributed by atoms with Crippen LogP contribution in [0.15, 0.2) is 41.0 Å². The molecule has 19 heavy (non-hydrogen) atoms. The lowest BCUT2D eigenvalue weighted by Gasteiger charge is -2.06. The second kappa shape index (κ2) is 5.79. The Morgan fingerprint density at radius 1 is 1.37 bits per heavy atom. The normalized spacial score (nSPS) is 10.2. The van der Waals surface area contributed by atoms with Crippen LogP contribution in [0.4, 0.5) is 10.1 Å². The van der Waals surface area contributed by atoms with E-state index >= 15 is 0 Å². The van der Waals surface area contributed by atoms with Crippen LogP contribution in [0.25, 0.3) is 0 Å². The molecule has 4 nitrogen and oxygen atoms in total. The van der Waals surface area contributed by atoms with Crippen LogP contribution >= 0.6 is 15.9 Å². The first-order valence-electron chi connectivity index (χ1n) is 5.39. The molecule has 0 aliphatic rings. The zero-order valence-corrected chi connectivity index (χ0v) is 11.4. The number of pyridine rings is 1. The van der Waals surface area contributed by atoms with E-state index in [2.05, 4.69) is 20.9 Å². The molecule has 0 saturated heterocycles. The lowest BCUT2D eigenvalue weighted by Crippen LogP contribution is -2.08. The van der Waals surface area contributed by atoms with Crippen LogP contribution in [-0.4, -0.2) is 11.0 Å². The first-order chi connectivity index (χ1) is 9.06. The second-order valence-corrected chi connectivity index (χ2v) is 4.64. The molecular weight excluding hydrogens is 315 g/mol. The van der Waals surface area contributed by atoms with E-state index in [-0.39, 0.29) is 18.1 Å². The van der Waals surface area contributed by atoms with Crippen molar-refractivity contribution in [3.05, 3.63) is 58.1 Å². The van der Waals surface area contributed by atoms with Crippen LogP contribution in [0.1, 0.15) is 16.1 Å². The molecule has 2 rings (SSSR count). The van der Waals surface area contributed by atoms with Gasteiger partial charge in [0.2, 0.25) is 0 Å². The van der Waals surface area contributed by atoms with Gasteiger partial charge in [0, 0.05) is 10.0 Å². The molecular formula is C13H10BrFN2O2. The number of aromatic nitrogens is 1. The number of nitrogen functional groups attached to an aromatic ring is 1. The number of carbonyl (C=O) groups is 1. The molecule has 0 atom stereocenters. The molecule has 0 fully saturated rings. The Bertz CT molecular complexity index is 602. The number of nitrogens with two attached hydrogens (primary N) is 1. The zero-order valence-electron chi connectivity index (χ0n) is 9.77. The quantitative estimate of drug-likeness (QED) is 0.881. The van der Waals surface area contributed by atoms with E-state index in [0.717, 1.165) is 0 Å². The number of carbonyl (C=O) groups excluding carboxylic acids is 1. The van der Waals surface area contributed by atoms with Crippen molar-refractivity contribution in [3.63, 3.8) is 0 Å². The summed E-state index contributed by atoms with van der Waals surface area (Å²) >= 11 is 3.26. The molecule has 6 heteroatoms. The minimum Gasteiger partial charge on any atom is -0.456 e. The smallest absolute Gasteiger partial charge is 0.357 e. The van der Waals surface area contributed by atoms with Gasteiger partial charge in [0.05, 0.1) is 11.9 Å².